The molecule has 1 aromatic heterocycles. The zero-order valence-corrected chi connectivity index (χ0v) is 19.0. The van der Waals surface area contributed by atoms with Crippen LogP contribution in [0.4, 0.5) is 11.5 Å². The summed E-state index contributed by atoms with van der Waals surface area (Å²) in [4.78, 5) is 14.3. The molecule has 0 spiro atoms. The lowest BCUT2D eigenvalue weighted by atomic mass is 10.1. The Balaban J connectivity index is 1.42. The van der Waals surface area contributed by atoms with E-state index in [4.69, 9.17) is 4.99 Å². The first-order valence-electron chi connectivity index (χ1n) is 11.8. The largest absolute Gasteiger partial charge is 0.372 e. The molecule has 0 saturated carbocycles. The Labute approximate surface area is 186 Å². The minimum Gasteiger partial charge on any atom is -0.372 e. The lowest BCUT2D eigenvalue weighted by Gasteiger charge is -2.22. The Hall–Kier alpha value is -2.76. The van der Waals surface area contributed by atoms with Gasteiger partial charge >= 0.3 is 0 Å². The molecule has 0 amide bonds. The highest BCUT2D eigenvalue weighted by Crippen LogP contribution is 2.24. The monoisotopic (exact) mass is 420 g/mol. The third-order valence-electron chi connectivity index (χ3n) is 6.20. The number of nitrogens with zero attached hydrogens (tertiary/aromatic N) is 4. The van der Waals surface area contributed by atoms with Crippen LogP contribution in [-0.2, 0) is 6.54 Å². The molecular weight excluding hydrogens is 384 g/mol. The van der Waals surface area contributed by atoms with Crippen LogP contribution in [0.25, 0.3) is 0 Å². The lowest BCUT2D eigenvalue weighted by Crippen LogP contribution is -2.38. The van der Waals surface area contributed by atoms with Gasteiger partial charge in [0.25, 0.3) is 0 Å². The molecule has 31 heavy (non-hydrogen) atoms. The smallest absolute Gasteiger partial charge is 0.192 e. The fourth-order valence-corrected chi connectivity index (χ4v) is 4.42. The Morgan fingerprint density at radius 2 is 1.77 bits per heavy atom. The normalized spacial score (nSPS) is 17.8. The van der Waals surface area contributed by atoms with E-state index in [-0.39, 0.29) is 6.04 Å². The predicted octanol–water partition coefficient (Wildman–Crippen LogP) is 4.10. The van der Waals surface area contributed by atoms with Crippen LogP contribution in [0.5, 0.6) is 0 Å². The van der Waals surface area contributed by atoms with Gasteiger partial charge < -0.3 is 20.4 Å². The van der Waals surface area contributed by atoms with Crippen molar-refractivity contribution >= 4 is 17.5 Å². The van der Waals surface area contributed by atoms with E-state index < -0.39 is 0 Å². The molecule has 6 nitrogen and oxygen atoms in total. The molecule has 2 aromatic rings. The summed E-state index contributed by atoms with van der Waals surface area (Å²) in [6.45, 7) is 10.3. The molecule has 1 unspecified atom stereocenters. The number of pyridine rings is 1. The second-order valence-electron chi connectivity index (χ2n) is 8.57. The number of hydrogen-bond donors (Lipinski definition) is 2. The minimum atomic E-state index is 0.179. The van der Waals surface area contributed by atoms with E-state index in [2.05, 4.69) is 75.7 Å². The van der Waals surface area contributed by atoms with Gasteiger partial charge in [-0.15, -0.1) is 0 Å². The molecule has 4 rings (SSSR count). The number of rotatable bonds is 7. The van der Waals surface area contributed by atoms with Gasteiger partial charge in [0, 0.05) is 44.6 Å². The Bertz CT molecular complexity index is 868. The van der Waals surface area contributed by atoms with Gasteiger partial charge in [-0.1, -0.05) is 12.1 Å². The van der Waals surface area contributed by atoms with Gasteiger partial charge in [-0.2, -0.15) is 0 Å². The summed E-state index contributed by atoms with van der Waals surface area (Å²) >= 11 is 0. The lowest BCUT2D eigenvalue weighted by molar-refractivity contribution is 0.686. The van der Waals surface area contributed by atoms with Crippen LogP contribution in [0, 0.1) is 0 Å². The van der Waals surface area contributed by atoms with Crippen molar-refractivity contribution in [1.29, 1.82) is 0 Å². The summed E-state index contributed by atoms with van der Waals surface area (Å²) in [5, 5.41) is 6.98. The maximum Gasteiger partial charge on any atom is 0.192 e. The zero-order valence-electron chi connectivity index (χ0n) is 19.0. The molecule has 0 bridgehead atoms. The first kappa shape index (κ1) is 21.5. The van der Waals surface area contributed by atoms with Crippen LogP contribution < -0.4 is 20.4 Å². The van der Waals surface area contributed by atoms with Gasteiger partial charge in [-0.3, -0.25) is 0 Å². The number of benzene rings is 1. The highest BCUT2D eigenvalue weighted by Gasteiger charge is 2.15. The third kappa shape index (κ3) is 5.69. The van der Waals surface area contributed by atoms with Crippen molar-refractivity contribution in [2.24, 2.45) is 4.99 Å². The molecule has 6 heteroatoms. The standard InChI is InChI=1S/C25H36N6/c1-3-26-25(28-19-21-11-12-27-24(17-21)31-15-6-7-16-31)29-20(2)22-9-8-10-23(18-22)30-13-4-5-14-30/h8-12,17-18,20H,3-7,13-16,19H2,1-2H3,(H2,26,28,29). The second-order valence-corrected chi connectivity index (χ2v) is 8.57. The highest BCUT2D eigenvalue weighted by atomic mass is 15.2. The Morgan fingerprint density at radius 1 is 1.03 bits per heavy atom. The number of aliphatic imine (C=N–C) groups is 1. The van der Waals surface area contributed by atoms with Crippen LogP contribution in [0.15, 0.2) is 47.6 Å². The summed E-state index contributed by atoms with van der Waals surface area (Å²) in [5.41, 5.74) is 3.81. The first-order chi connectivity index (χ1) is 15.2. The van der Waals surface area contributed by atoms with E-state index in [1.165, 1.54) is 55.6 Å². The zero-order chi connectivity index (χ0) is 21.5. The SMILES string of the molecule is CCNC(=NCc1ccnc(N2CCCC2)c1)NC(C)c1cccc(N2CCCC2)c1. The summed E-state index contributed by atoms with van der Waals surface area (Å²) in [6.07, 6.45) is 7.02. The van der Waals surface area contributed by atoms with E-state index >= 15 is 0 Å². The first-order valence-corrected chi connectivity index (χ1v) is 11.8. The Morgan fingerprint density at radius 3 is 2.52 bits per heavy atom. The molecule has 2 fully saturated rings. The van der Waals surface area contributed by atoms with Crippen LogP contribution in [0.2, 0.25) is 0 Å². The molecule has 3 heterocycles. The van der Waals surface area contributed by atoms with Crippen LogP contribution in [0.3, 0.4) is 0 Å². The van der Waals surface area contributed by atoms with Gasteiger partial charge in [0.05, 0.1) is 12.6 Å². The molecule has 2 N–H and O–H groups in total. The van der Waals surface area contributed by atoms with Crippen LogP contribution >= 0.6 is 0 Å². The molecule has 166 valence electrons. The number of guanidine groups is 1. The van der Waals surface area contributed by atoms with Gasteiger partial charge in [0.15, 0.2) is 5.96 Å². The number of hydrogen-bond acceptors (Lipinski definition) is 4. The molecule has 2 saturated heterocycles. The quantitative estimate of drug-likeness (QED) is 0.522. The van der Waals surface area contributed by atoms with Crippen molar-refractivity contribution in [3.8, 4) is 0 Å². The van der Waals surface area contributed by atoms with E-state index in [1.54, 1.807) is 0 Å². The van der Waals surface area contributed by atoms with Crippen molar-refractivity contribution in [2.45, 2.75) is 52.1 Å². The summed E-state index contributed by atoms with van der Waals surface area (Å²) in [5.74, 6) is 1.93. The van der Waals surface area contributed by atoms with Gasteiger partial charge in [0.1, 0.15) is 5.82 Å². The minimum absolute atomic E-state index is 0.179. The third-order valence-corrected chi connectivity index (χ3v) is 6.20. The molecular formula is C25H36N6. The van der Waals surface area contributed by atoms with Crippen LogP contribution in [-0.4, -0.2) is 43.7 Å². The van der Waals surface area contributed by atoms with Crippen molar-refractivity contribution in [2.75, 3.05) is 42.5 Å². The molecule has 0 radical (unpaired) electrons. The number of nitrogens with one attached hydrogen (secondary N) is 2. The molecule has 1 aromatic carbocycles. The summed E-state index contributed by atoms with van der Waals surface area (Å²) < 4.78 is 0. The summed E-state index contributed by atoms with van der Waals surface area (Å²) in [7, 11) is 0. The van der Waals surface area contributed by atoms with E-state index in [1.807, 2.05) is 6.20 Å². The fourth-order valence-electron chi connectivity index (χ4n) is 4.42. The number of anilines is 2. The molecule has 2 aliphatic heterocycles. The average molecular weight is 421 g/mol. The maximum absolute atomic E-state index is 4.85. The van der Waals surface area contributed by atoms with Gasteiger partial charge in [0.2, 0.25) is 0 Å². The Kier molecular flexibility index (Phi) is 7.28. The topological polar surface area (TPSA) is 55.8 Å². The van der Waals surface area contributed by atoms with E-state index in [0.29, 0.717) is 6.54 Å². The number of aromatic nitrogens is 1. The molecule has 2 aliphatic rings. The summed E-state index contributed by atoms with van der Waals surface area (Å²) in [6, 6.07) is 13.3. The molecule has 0 aliphatic carbocycles. The van der Waals surface area contributed by atoms with E-state index in [9.17, 15) is 0 Å². The second kappa shape index (κ2) is 10.5. The highest BCUT2D eigenvalue weighted by molar-refractivity contribution is 5.80. The van der Waals surface area contributed by atoms with Gasteiger partial charge in [-0.25, -0.2) is 9.98 Å². The van der Waals surface area contributed by atoms with Crippen molar-refractivity contribution in [3.05, 3.63) is 53.7 Å². The van der Waals surface area contributed by atoms with Crippen molar-refractivity contribution in [1.82, 2.24) is 15.6 Å². The molecule has 1 atom stereocenters. The van der Waals surface area contributed by atoms with Crippen molar-refractivity contribution in [3.63, 3.8) is 0 Å². The van der Waals surface area contributed by atoms with E-state index in [0.717, 1.165) is 31.4 Å². The maximum atomic E-state index is 4.85. The van der Waals surface area contributed by atoms with Gasteiger partial charge in [-0.05, 0) is 74.9 Å². The fraction of sp³-hybridized carbons (Fsp3) is 0.520. The average Bonchev–Trinajstić information content (AvgIpc) is 3.52. The van der Waals surface area contributed by atoms with Crippen LogP contribution in [0.1, 0.15) is 56.7 Å². The predicted molar refractivity (Wildman–Crippen MR) is 130 cm³/mol. The van der Waals surface area contributed by atoms with Crippen molar-refractivity contribution < 1.29 is 0 Å².